The normalized spacial score (nSPS) is 11.9. The maximum atomic E-state index is 11.7. The van der Waals surface area contributed by atoms with E-state index in [1.54, 1.807) is 31.2 Å². The van der Waals surface area contributed by atoms with Crippen LogP contribution in [0.3, 0.4) is 0 Å². The average Bonchev–Trinajstić information content (AvgIpc) is 2.39. The van der Waals surface area contributed by atoms with Crippen molar-refractivity contribution in [2.75, 3.05) is 0 Å². The number of hydrogen-bond acceptors (Lipinski definition) is 4. The van der Waals surface area contributed by atoms with E-state index in [1.165, 1.54) is 0 Å². The highest BCUT2D eigenvalue weighted by Gasteiger charge is 2.13. The van der Waals surface area contributed by atoms with E-state index in [-0.39, 0.29) is 24.4 Å². The summed E-state index contributed by atoms with van der Waals surface area (Å²) < 4.78 is 0. The predicted octanol–water partition coefficient (Wildman–Crippen LogP) is 1.19. The summed E-state index contributed by atoms with van der Waals surface area (Å²) in [4.78, 5) is 33.5. The third-order valence-corrected chi connectivity index (χ3v) is 2.80. The van der Waals surface area contributed by atoms with Crippen LogP contribution in [0.5, 0.6) is 0 Å². The van der Waals surface area contributed by atoms with Crippen LogP contribution >= 0.6 is 0 Å². The molecule has 1 rings (SSSR count). The zero-order chi connectivity index (χ0) is 14.4. The maximum absolute atomic E-state index is 11.7. The lowest BCUT2D eigenvalue weighted by molar-refractivity contribution is -0.138. The molecule has 1 atom stereocenters. The Balaban J connectivity index is 2.68. The number of rotatable bonds is 7. The van der Waals surface area contributed by atoms with Gasteiger partial charge in [-0.3, -0.25) is 14.4 Å². The van der Waals surface area contributed by atoms with Crippen molar-refractivity contribution in [3.05, 3.63) is 35.4 Å². The Kier molecular flexibility index (Phi) is 5.38. The van der Waals surface area contributed by atoms with Gasteiger partial charge in [-0.25, -0.2) is 0 Å². The highest BCUT2D eigenvalue weighted by atomic mass is 16.4. The van der Waals surface area contributed by atoms with Gasteiger partial charge < -0.3 is 10.8 Å². The van der Waals surface area contributed by atoms with Crippen molar-refractivity contribution in [1.29, 1.82) is 0 Å². The van der Waals surface area contributed by atoms with Crippen molar-refractivity contribution in [2.45, 2.75) is 32.2 Å². The third-order valence-electron chi connectivity index (χ3n) is 2.80. The van der Waals surface area contributed by atoms with E-state index >= 15 is 0 Å². The third kappa shape index (κ3) is 4.63. The van der Waals surface area contributed by atoms with Gasteiger partial charge in [0, 0.05) is 12.0 Å². The van der Waals surface area contributed by atoms with Crippen molar-refractivity contribution in [2.24, 2.45) is 5.73 Å². The van der Waals surface area contributed by atoms with Crippen molar-refractivity contribution < 1.29 is 19.5 Å². The molecule has 1 unspecified atom stereocenters. The second-order valence-electron chi connectivity index (χ2n) is 4.34. The topological polar surface area (TPSA) is 97.5 Å². The molecular formula is C14H17NO4. The molecule has 0 bridgehead atoms. The van der Waals surface area contributed by atoms with Gasteiger partial charge in [-0.15, -0.1) is 0 Å². The molecule has 0 fully saturated rings. The molecule has 0 saturated heterocycles. The number of benzene rings is 1. The van der Waals surface area contributed by atoms with Crippen LogP contribution in [0, 0.1) is 0 Å². The molecule has 0 aliphatic rings. The molecule has 1 aromatic rings. The Morgan fingerprint density at radius 3 is 2.26 bits per heavy atom. The Bertz CT molecular complexity index is 479. The summed E-state index contributed by atoms with van der Waals surface area (Å²) in [5, 5.41) is 8.70. The molecule has 19 heavy (non-hydrogen) atoms. The van der Waals surface area contributed by atoms with E-state index in [0.29, 0.717) is 12.0 Å². The van der Waals surface area contributed by atoms with E-state index in [0.717, 1.165) is 5.56 Å². The molecule has 1 aromatic carbocycles. The minimum Gasteiger partial charge on any atom is -0.480 e. The van der Waals surface area contributed by atoms with Gasteiger partial charge in [0.05, 0.1) is 6.42 Å². The highest BCUT2D eigenvalue weighted by molar-refractivity contribution is 6.07. The number of carbonyl (C=O) groups is 3. The first-order valence-corrected chi connectivity index (χ1v) is 6.06. The first kappa shape index (κ1) is 15.0. The minimum atomic E-state index is -1.06. The Labute approximate surface area is 111 Å². The number of carbonyl (C=O) groups excluding carboxylic acids is 2. The number of hydrogen-bond donors (Lipinski definition) is 2. The first-order valence-electron chi connectivity index (χ1n) is 6.06. The van der Waals surface area contributed by atoms with E-state index in [2.05, 4.69) is 0 Å². The number of carboxylic acids is 1. The standard InChI is InChI=1S/C14H17NO4/c1-2-11(16)8-13(17)10-5-3-9(4-6-10)7-12(15)14(18)19/h3-6,12H,2,7-8,15H2,1H3,(H,18,19). The van der Waals surface area contributed by atoms with E-state index in [4.69, 9.17) is 10.8 Å². The molecule has 5 heteroatoms. The lowest BCUT2D eigenvalue weighted by Gasteiger charge is -2.07. The molecule has 0 radical (unpaired) electrons. The number of carboxylic acid groups (broad SMARTS) is 1. The summed E-state index contributed by atoms with van der Waals surface area (Å²) in [7, 11) is 0. The van der Waals surface area contributed by atoms with Crippen LogP contribution in [0.1, 0.15) is 35.7 Å². The summed E-state index contributed by atoms with van der Waals surface area (Å²) in [6, 6.07) is 5.55. The monoisotopic (exact) mass is 263 g/mol. The lowest BCUT2D eigenvalue weighted by Crippen LogP contribution is -2.32. The molecule has 0 aromatic heterocycles. The maximum Gasteiger partial charge on any atom is 0.320 e. The largest absolute Gasteiger partial charge is 0.480 e. The minimum absolute atomic E-state index is 0.0928. The molecule has 0 aliphatic heterocycles. The molecule has 0 spiro atoms. The zero-order valence-corrected chi connectivity index (χ0v) is 10.8. The van der Waals surface area contributed by atoms with Gasteiger partial charge >= 0.3 is 5.97 Å². The van der Waals surface area contributed by atoms with Gasteiger partial charge in [0.1, 0.15) is 11.8 Å². The summed E-state index contributed by atoms with van der Waals surface area (Å²) in [5.41, 5.74) is 6.62. The van der Waals surface area contributed by atoms with Crippen LogP contribution in [0.25, 0.3) is 0 Å². The van der Waals surface area contributed by atoms with Crippen LogP contribution in [-0.4, -0.2) is 28.7 Å². The van der Waals surface area contributed by atoms with Gasteiger partial charge in [0.15, 0.2) is 5.78 Å². The van der Waals surface area contributed by atoms with Crippen LogP contribution in [0.15, 0.2) is 24.3 Å². The van der Waals surface area contributed by atoms with Crippen molar-refractivity contribution >= 4 is 17.5 Å². The van der Waals surface area contributed by atoms with Gasteiger partial charge in [0.2, 0.25) is 0 Å². The second-order valence-corrected chi connectivity index (χ2v) is 4.34. The van der Waals surface area contributed by atoms with Crippen molar-refractivity contribution in [3.63, 3.8) is 0 Å². The fraction of sp³-hybridized carbons (Fsp3) is 0.357. The van der Waals surface area contributed by atoms with Crippen LogP contribution in [-0.2, 0) is 16.0 Å². The first-order chi connectivity index (χ1) is 8.93. The van der Waals surface area contributed by atoms with Crippen LogP contribution < -0.4 is 5.73 Å². The number of ketones is 2. The molecule has 0 saturated carbocycles. The van der Waals surface area contributed by atoms with Crippen molar-refractivity contribution in [1.82, 2.24) is 0 Å². The number of aliphatic carboxylic acids is 1. The molecule has 0 heterocycles. The smallest absolute Gasteiger partial charge is 0.320 e. The van der Waals surface area contributed by atoms with Gasteiger partial charge in [-0.2, -0.15) is 0 Å². The van der Waals surface area contributed by atoms with Crippen LogP contribution in [0.2, 0.25) is 0 Å². The second kappa shape index (κ2) is 6.80. The summed E-state index contributed by atoms with van der Waals surface area (Å²) in [6.45, 7) is 1.71. The molecule has 102 valence electrons. The number of nitrogens with two attached hydrogens (primary N) is 1. The molecule has 5 nitrogen and oxygen atoms in total. The van der Waals surface area contributed by atoms with Gasteiger partial charge in [-0.05, 0) is 12.0 Å². The quantitative estimate of drug-likeness (QED) is 0.569. The molecule has 3 N–H and O–H groups in total. The number of Topliss-reactive ketones (excluding diaryl/α,β-unsaturated/α-hetero) is 2. The average molecular weight is 263 g/mol. The molecule has 0 aliphatic carbocycles. The summed E-state index contributed by atoms with van der Waals surface area (Å²) >= 11 is 0. The Morgan fingerprint density at radius 2 is 1.79 bits per heavy atom. The highest BCUT2D eigenvalue weighted by Crippen LogP contribution is 2.09. The summed E-state index contributed by atoms with van der Waals surface area (Å²) in [5.74, 6) is -1.38. The molecule has 0 amide bonds. The Hall–Kier alpha value is -2.01. The molecular weight excluding hydrogens is 246 g/mol. The zero-order valence-electron chi connectivity index (χ0n) is 10.8. The predicted molar refractivity (Wildman–Crippen MR) is 70.0 cm³/mol. The summed E-state index contributed by atoms with van der Waals surface area (Å²) in [6.07, 6.45) is 0.458. The van der Waals surface area contributed by atoms with E-state index < -0.39 is 12.0 Å². The van der Waals surface area contributed by atoms with Gasteiger partial charge in [-0.1, -0.05) is 31.2 Å². The lowest BCUT2D eigenvalue weighted by atomic mass is 10.0. The fourth-order valence-corrected chi connectivity index (χ4v) is 1.57. The van der Waals surface area contributed by atoms with Crippen molar-refractivity contribution in [3.8, 4) is 0 Å². The van der Waals surface area contributed by atoms with Gasteiger partial charge in [0.25, 0.3) is 0 Å². The van der Waals surface area contributed by atoms with Crippen LogP contribution in [0.4, 0.5) is 0 Å². The van der Waals surface area contributed by atoms with E-state index in [9.17, 15) is 14.4 Å². The Morgan fingerprint density at radius 1 is 1.21 bits per heavy atom. The fourth-order valence-electron chi connectivity index (χ4n) is 1.57. The van der Waals surface area contributed by atoms with E-state index in [1.807, 2.05) is 0 Å². The SMILES string of the molecule is CCC(=O)CC(=O)c1ccc(CC(N)C(=O)O)cc1.